The number of rotatable bonds is 7. The lowest BCUT2D eigenvalue weighted by Gasteiger charge is -2.19. The van der Waals surface area contributed by atoms with Gasteiger partial charge in [0.15, 0.2) is 17.5 Å². The quantitative estimate of drug-likeness (QED) is 0.653. The summed E-state index contributed by atoms with van der Waals surface area (Å²) in [4.78, 5) is 12.0. The Labute approximate surface area is 172 Å². The molecule has 1 amide bonds. The molecule has 28 heavy (non-hydrogen) atoms. The van der Waals surface area contributed by atoms with Crippen molar-refractivity contribution in [2.45, 2.75) is 32.7 Å². The largest absolute Gasteiger partial charge is 0.484 e. The highest BCUT2D eigenvalue weighted by molar-refractivity contribution is 7.69. The van der Waals surface area contributed by atoms with E-state index in [1.807, 2.05) is 24.3 Å². The molecule has 152 valence electrons. The van der Waals surface area contributed by atoms with Gasteiger partial charge in [-0.05, 0) is 40.8 Å². The van der Waals surface area contributed by atoms with Crippen LogP contribution in [0.5, 0.6) is 5.75 Å². The molecule has 0 aliphatic rings. The van der Waals surface area contributed by atoms with Gasteiger partial charge in [-0.2, -0.15) is 4.36 Å². The maximum absolute atomic E-state index is 12.0. The minimum atomic E-state index is -2.13. The Morgan fingerprint density at radius 1 is 1.18 bits per heavy atom. The molecular formula is C20H25ClN2O4S. The average molecular weight is 425 g/mol. The monoisotopic (exact) mass is 424 g/mol. The zero-order chi connectivity index (χ0) is 20.7. The van der Waals surface area contributed by atoms with E-state index in [-0.39, 0.29) is 17.9 Å². The van der Waals surface area contributed by atoms with Crippen LogP contribution in [-0.4, -0.2) is 23.8 Å². The summed E-state index contributed by atoms with van der Waals surface area (Å²) < 4.78 is 25.3. The van der Waals surface area contributed by atoms with Crippen molar-refractivity contribution in [3.63, 3.8) is 0 Å². The lowest BCUT2D eigenvalue weighted by atomic mass is 9.87. The summed E-state index contributed by atoms with van der Waals surface area (Å²) in [6, 6.07) is 12.8. The number of nitrogens with one attached hydrogen (secondary N) is 1. The van der Waals surface area contributed by atoms with Gasteiger partial charge in [0.05, 0.1) is 17.8 Å². The Morgan fingerprint density at radius 3 is 2.43 bits per heavy atom. The summed E-state index contributed by atoms with van der Waals surface area (Å²) in [7, 11) is -0.824. The first-order chi connectivity index (χ1) is 13.2. The number of halogens is 1. The number of carbonyl (C=O) groups is 1. The second-order valence-corrected chi connectivity index (χ2v) is 8.59. The second kappa shape index (κ2) is 9.91. The van der Waals surface area contributed by atoms with Crippen molar-refractivity contribution in [1.29, 1.82) is 0 Å². The van der Waals surface area contributed by atoms with Crippen molar-refractivity contribution in [3.8, 4) is 5.75 Å². The molecule has 0 radical (unpaired) electrons. The van der Waals surface area contributed by atoms with Gasteiger partial charge in [-0.15, -0.1) is 0 Å². The lowest BCUT2D eigenvalue weighted by molar-refractivity contribution is -0.123. The molecule has 0 fully saturated rings. The van der Waals surface area contributed by atoms with Crippen LogP contribution in [0.15, 0.2) is 46.8 Å². The minimum Gasteiger partial charge on any atom is -0.484 e. The van der Waals surface area contributed by atoms with Crippen molar-refractivity contribution in [2.75, 3.05) is 13.7 Å². The highest BCUT2D eigenvalue weighted by atomic mass is 35.5. The normalized spacial score (nSPS) is 12.6. The third-order valence-corrected chi connectivity index (χ3v) is 4.93. The minimum absolute atomic E-state index is 0.0686. The van der Waals surface area contributed by atoms with Crippen molar-refractivity contribution in [1.82, 2.24) is 5.32 Å². The molecule has 1 unspecified atom stereocenters. The van der Waals surface area contributed by atoms with E-state index in [1.165, 1.54) is 12.7 Å². The van der Waals surface area contributed by atoms with Gasteiger partial charge in [0, 0.05) is 6.54 Å². The van der Waals surface area contributed by atoms with Crippen LogP contribution in [0.1, 0.15) is 31.9 Å². The van der Waals surface area contributed by atoms with Crippen LogP contribution in [0, 0.1) is 0 Å². The summed E-state index contributed by atoms with van der Waals surface area (Å²) in [5.41, 5.74) is 2.44. The highest BCUT2D eigenvalue weighted by Gasteiger charge is 2.13. The standard InChI is InChI=1S/C20H25ClN2O4S/c1-20(2,3)15-6-8-16(9-7-15)27-13-19(24)22-12-14-5-10-18(17(21)11-14)23-28(25)26-4/h5-11,28H,12-13H2,1-4H3,(H,22,24). The van der Waals surface area contributed by atoms with Crippen molar-refractivity contribution < 1.29 is 17.9 Å². The molecule has 0 saturated carbocycles. The highest BCUT2D eigenvalue weighted by Crippen LogP contribution is 2.26. The summed E-state index contributed by atoms with van der Waals surface area (Å²) in [5, 5.41) is 3.10. The molecule has 0 aliphatic carbocycles. The van der Waals surface area contributed by atoms with Crippen LogP contribution in [-0.2, 0) is 31.8 Å². The number of ether oxygens (including phenoxy) is 1. The predicted octanol–water partition coefficient (Wildman–Crippen LogP) is 4.19. The Kier molecular flexibility index (Phi) is 7.86. The van der Waals surface area contributed by atoms with E-state index >= 15 is 0 Å². The number of benzene rings is 2. The summed E-state index contributed by atoms with van der Waals surface area (Å²) in [6.07, 6.45) is 0. The molecule has 2 rings (SSSR count). The molecule has 1 atom stereocenters. The average Bonchev–Trinajstić information content (AvgIpc) is 2.66. The van der Waals surface area contributed by atoms with Gasteiger partial charge >= 0.3 is 0 Å². The second-order valence-electron chi connectivity index (χ2n) is 7.15. The summed E-state index contributed by atoms with van der Waals surface area (Å²) in [5.74, 6) is 0.400. The topological polar surface area (TPSA) is 77.0 Å². The maximum Gasteiger partial charge on any atom is 0.258 e. The number of hydrogen-bond acceptors (Lipinski definition) is 5. The van der Waals surface area contributed by atoms with Crippen LogP contribution >= 0.6 is 11.6 Å². The van der Waals surface area contributed by atoms with Crippen molar-refractivity contribution in [2.24, 2.45) is 4.36 Å². The van der Waals surface area contributed by atoms with Crippen LogP contribution in [0.4, 0.5) is 5.69 Å². The van der Waals surface area contributed by atoms with E-state index in [0.29, 0.717) is 23.0 Å². The van der Waals surface area contributed by atoms with Gasteiger partial charge in [-0.1, -0.05) is 50.6 Å². The molecule has 1 N–H and O–H groups in total. The fourth-order valence-corrected chi connectivity index (χ4v) is 3.06. The Balaban J connectivity index is 1.85. The number of amides is 1. The van der Waals surface area contributed by atoms with Gasteiger partial charge in [-0.25, -0.2) is 4.21 Å². The first-order valence-electron chi connectivity index (χ1n) is 8.70. The molecular weight excluding hydrogens is 400 g/mol. The van der Waals surface area contributed by atoms with Crippen LogP contribution in [0.2, 0.25) is 5.02 Å². The SMILES string of the molecule is CO[SH](=O)=Nc1ccc(CNC(=O)COc2ccc(C(C)(C)C)cc2)cc1Cl. The molecule has 2 aromatic carbocycles. The predicted molar refractivity (Wildman–Crippen MR) is 113 cm³/mol. The zero-order valence-electron chi connectivity index (χ0n) is 16.4. The van der Waals surface area contributed by atoms with E-state index in [1.54, 1.807) is 18.2 Å². The fourth-order valence-electron chi connectivity index (χ4n) is 2.32. The Hall–Kier alpha value is -2.09. The molecule has 0 saturated heterocycles. The van der Waals surface area contributed by atoms with Crippen LogP contribution in [0.25, 0.3) is 0 Å². The van der Waals surface area contributed by atoms with Gasteiger partial charge in [0.25, 0.3) is 5.91 Å². The van der Waals surface area contributed by atoms with Crippen molar-refractivity contribution in [3.05, 3.63) is 58.6 Å². The third-order valence-electron chi connectivity index (χ3n) is 3.94. The molecule has 0 aliphatic heterocycles. The first kappa shape index (κ1) is 22.2. The summed E-state index contributed by atoms with van der Waals surface area (Å²) >= 11 is 6.12. The number of nitrogens with zero attached hydrogens (tertiary/aromatic N) is 1. The zero-order valence-corrected chi connectivity index (χ0v) is 18.0. The van der Waals surface area contributed by atoms with Crippen molar-refractivity contribution >= 4 is 34.1 Å². The van der Waals surface area contributed by atoms with Crippen LogP contribution in [0.3, 0.4) is 0 Å². The number of hydrogen-bond donors (Lipinski definition) is 2. The molecule has 6 nitrogen and oxygen atoms in total. The lowest BCUT2D eigenvalue weighted by Crippen LogP contribution is -2.28. The molecule has 0 bridgehead atoms. The molecule has 2 aromatic rings. The van der Waals surface area contributed by atoms with E-state index < -0.39 is 10.9 Å². The van der Waals surface area contributed by atoms with Gasteiger partial charge < -0.3 is 10.1 Å². The van der Waals surface area contributed by atoms with E-state index in [9.17, 15) is 9.00 Å². The first-order valence-corrected chi connectivity index (χ1v) is 10.2. The number of thiol groups is 1. The van der Waals surface area contributed by atoms with E-state index in [4.69, 9.17) is 16.3 Å². The third kappa shape index (κ3) is 6.82. The fraction of sp³-hybridized carbons (Fsp3) is 0.350. The smallest absolute Gasteiger partial charge is 0.258 e. The van der Waals surface area contributed by atoms with Gasteiger partial charge in [0.2, 0.25) is 0 Å². The van der Waals surface area contributed by atoms with Crippen LogP contribution < -0.4 is 10.1 Å². The van der Waals surface area contributed by atoms with Gasteiger partial charge in [-0.3, -0.25) is 8.98 Å². The number of carbonyl (C=O) groups excluding carboxylic acids is 1. The molecule has 0 heterocycles. The molecule has 0 aromatic heterocycles. The summed E-state index contributed by atoms with van der Waals surface area (Å²) in [6.45, 7) is 6.63. The molecule has 0 spiro atoms. The Bertz CT molecular complexity index is 901. The maximum atomic E-state index is 12.0. The van der Waals surface area contributed by atoms with Gasteiger partial charge in [0.1, 0.15) is 5.75 Å². The van der Waals surface area contributed by atoms with E-state index in [0.717, 1.165) is 5.56 Å². The van der Waals surface area contributed by atoms with E-state index in [2.05, 4.69) is 34.6 Å². The Morgan fingerprint density at radius 2 is 1.86 bits per heavy atom. The molecule has 8 heteroatoms.